The second-order valence-corrected chi connectivity index (χ2v) is 12.2. The minimum absolute atomic E-state index is 0.0847. The summed E-state index contributed by atoms with van der Waals surface area (Å²) < 4.78 is 10.4. The molecule has 0 saturated heterocycles. The van der Waals surface area contributed by atoms with Crippen molar-refractivity contribution in [2.24, 2.45) is 17.7 Å². The molecule has 0 aliphatic heterocycles. The van der Waals surface area contributed by atoms with Gasteiger partial charge in [0.25, 0.3) is 5.91 Å². The third kappa shape index (κ3) is 15.8. The number of ether oxygens (including phenoxy) is 2. The van der Waals surface area contributed by atoms with Crippen molar-refractivity contribution in [3.05, 3.63) is 0 Å². The minimum atomic E-state index is -1.16. The highest BCUT2D eigenvalue weighted by Gasteiger charge is 2.33. The molecule has 4 atom stereocenters. The molecule has 0 spiro atoms. The highest BCUT2D eigenvalue weighted by atomic mass is 16.6. The second-order valence-electron chi connectivity index (χ2n) is 12.2. The molecule has 0 unspecified atom stereocenters. The summed E-state index contributed by atoms with van der Waals surface area (Å²) >= 11 is 0. The van der Waals surface area contributed by atoms with E-state index in [0.717, 1.165) is 0 Å². The smallest absolute Gasteiger partial charge is 0.408 e. The Balaban J connectivity index is 5.49. The van der Waals surface area contributed by atoms with Crippen LogP contribution >= 0.6 is 0 Å². The van der Waals surface area contributed by atoms with Gasteiger partial charge >= 0.3 is 12.1 Å². The molecule has 236 valence electrons. The Kier molecular flexibility index (Phi) is 15.4. The third-order valence-electron chi connectivity index (χ3n) is 5.68. The fraction of sp³-hybridized carbons (Fsp3) is 0.778. The number of nitrogens with one attached hydrogen (secondary N) is 5. The molecule has 0 saturated carbocycles. The van der Waals surface area contributed by atoms with Gasteiger partial charge in [-0.15, -0.1) is 0 Å². The van der Waals surface area contributed by atoms with Crippen molar-refractivity contribution in [3.63, 3.8) is 0 Å². The number of amides is 5. The molecule has 41 heavy (non-hydrogen) atoms. The van der Waals surface area contributed by atoms with Crippen LogP contribution < -0.4 is 32.5 Å². The van der Waals surface area contributed by atoms with Crippen LogP contribution in [0.15, 0.2) is 0 Å². The predicted octanol–water partition coefficient (Wildman–Crippen LogP) is 0.779. The van der Waals surface area contributed by atoms with Crippen LogP contribution in [0, 0.1) is 11.8 Å². The van der Waals surface area contributed by atoms with Crippen LogP contribution in [0.5, 0.6) is 0 Å². The van der Waals surface area contributed by atoms with Crippen molar-refractivity contribution in [2.45, 2.75) is 118 Å². The highest BCUT2D eigenvalue weighted by molar-refractivity contribution is 5.95. The maximum atomic E-state index is 13.3. The van der Waals surface area contributed by atoms with Crippen molar-refractivity contribution in [1.29, 1.82) is 0 Å². The van der Waals surface area contributed by atoms with E-state index in [-0.39, 0.29) is 18.8 Å². The Morgan fingerprint density at radius 2 is 1.29 bits per heavy atom. The van der Waals surface area contributed by atoms with Crippen LogP contribution in [0.3, 0.4) is 0 Å². The molecule has 0 bridgehead atoms. The van der Waals surface area contributed by atoms with E-state index in [1.165, 1.54) is 0 Å². The van der Waals surface area contributed by atoms with Crippen LogP contribution in [0.2, 0.25) is 0 Å². The molecule has 0 aromatic rings. The number of carbonyl (C=O) groups is 6. The maximum Gasteiger partial charge on any atom is 0.408 e. The van der Waals surface area contributed by atoms with Crippen LogP contribution in [0.4, 0.5) is 4.79 Å². The van der Waals surface area contributed by atoms with E-state index in [9.17, 15) is 28.8 Å². The van der Waals surface area contributed by atoms with Gasteiger partial charge < -0.3 is 30.7 Å². The summed E-state index contributed by atoms with van der Waals surface area (Å²) in [5.41, 5.74) is 0.506. The number of hydrogen-bond acceptors (Lipinski definition) is 9. The number of esters is 1. The lowest BCUT2D eigenvalue weighted by molar-refractivity contribution is -0.155. The van der Waals surface area contributed by atoms with Crippen molar-refractivity contribution in [1.82, 2.24) is 26.7 Å². The molecule has 0 aliphatic carbocycles. The fourth-order valence-corrected chi connectivity index (χ4v) is 3.46. The van der Waals surface area contributed by atoms with Crippen LogP contribution in [0.25, 0.3) is 0 Å². The topological polar surface area (TPSA) is 207 Å². The van der Waals surface area contributed by atoms with Crippen molar-refractivity contribution in [2.75, 3.05) is 6.54 Å². The molecule has 5 amide bonds. The highest BCUT2D eigenvalue weighted by Crippen LogP contribution is 2.13. The standard InChI is InChI=1S/C27H50N6O8/c1-11-16(4)21(31-18(34)14-29-25(39)41-27(8,9)10)24(38)32-20(15(2)3)23(37)30-17(22(36)33-28)12-13-19(35)40-26(5,6)7/h15-17,20-21H,11-14,28H2,1-10H3,(H,29,39)(H,30,37)(H,31,34)(H,32,38)(H,33,36)/t16-,17-,20-,21-/m0/s1. The number of hydrazine groups is 1. The van der Waals surface area contributed by atoms with Gasteiger partial charge in [-0.2, -0.15) is 0 Å². The summed E-state index contributed by atoms with van der Waals surface area (Å²) in [7, 11) is 0. The average molecular weight is 587 g/mol. The molecule has 0 rings (SSSR count). The first-order valence-electron chi connectivity index (χ1n) is 13.8. The zero-order valence-electron chi connectivity index (χ0n) is 26.1. The lowest BCUT2D eigenvalue weighted by Gasteiger charge is -2.29. The normalized spacial score (nSPS) is 14.5. The van der Waals surface area contributed by atoms with E-state index in [4.69, 9.17) is 15.3 Å². The fourth-order valence-electron chi connectivity index (χ4n) is 3.46. The van der Waals surface area contributed by atoms with Gasteiger partial charge in [-0.1, -0.05) is 34.1 Å². The number of hydrogen-bond donors (Lipinski definition) is 6. The Morgan fingerprint density at radius 1 is 0.756 bits per heavy atom. The van der Waals surface area contributed by atoms with Gasteiger partial charge in [-0.05, 0) is 59.8 Å². The van der Waals surface area contributed by atoms with Crippen molar-refractivity contribution in [3.8, 4) is 0 Å². The summed E-state index contributed by atoms with van der Waals surface area (Å²) in [6.07, 6.45) is -0.497. The molecule has 7 N–H and O–H groups in total. The molecular formula is C27H50N6O8. The third-order valence-corrected chi connectivity index (χ3v) is 5.68. The van der Waals surface area contributed by atoms with Gasteiger partial charge in [0.2, 0.25) is 17.7 Å². The van der Waals surface area contributed by atoms with Crippen LogP contribution in [-0.4, -0.2) is 71.6 Å². The van der Waals surface area contributed by atoms with Crippen molar-refractivity contribution >= 4 is 35.7 Å². The lowest BCUT2D eigenvalue weighted by atomic mass is 9.96. The molecule has 0 aromatic heterocycles. The average Bonchev–Trinajstić information content (AvgIpc) is 2.83. The van der Waals surface area contributed by atoms with E-state index in [1.807, 2.05) is 12.3 Å². The molecule has 0 heterocycles. The van der Waals surface area contributed by atoms with Crippen LogP contribution in [0.1, 0.15) is 88.5 Å². The van der Waals surface area contributed by atoms with Gasteiger partial charge in [0.05, 0.1) is 0 Å². The Hall–Kier alpha value is -3.42. The quantitative estimate of drug-likeness (QED) is 0.0734. The van der Waals surface area contributed by atoms with Gasteiger partial charge in [-0.25, -0.2) is 10.6 Å². The molecule has 14 nitrogen and oxygen atoms in total. The van der Waals surface area contributed by atoms with Gasteiger partial charge in [0.1, 0.15) is 35.9 Å². The zero-order chi connectivity index (χ0) is 32.1. The van der Waals surface area contributed by atoms with E-state index >= 15 is 0 Å². The molecule has 0 radical (unpaired) electrons. The maximum absolute atomic E-state index is 13.3. The summed E-state index contributed by atoms with van der Waals surface area (Å²) in [6, 6.07) is -3.26. The Bertz CT molecular complexity index is 926. The first-order valence-corrected chi connectivity index (χ1v) is 13.8. The molecule has 0 aliphatic rings. The summed E-state index contributed by atoms with van der Waals surface area (Å²) in [6.45, 7) is 16.7. The summed E-state index contributed by atoms with van der Waals surface area (Å²) in [5.74, 6) is 1.35. The first kappa shape index (κ1) is 37.6. The second kappa shape index (κ2) is 16.7. The Labute approximate surface area is 242 Å². The van der Waals surface area contributed by atoms with E-state index in [0.29, 0.717) is 6.42 Å². The molecular weight excluding hydrogens is 536 g/mol. The minimum Gasteiger partial charge on any atom is -0.460 e. The lowest BCUT2D eigenvalue weighted by Crippen LogP contribution is -2.60. The Morgan fingerprint density at radius 3 is 1.76 bits per heavy atom. The van der Waals surface area contributed by atoms with Crippen molar-refractivity contribution < 1.29 is 38.2 Å². The van der Waals surface area contributed by atoms with E-state index in [2.05, 4.69) is 21.3 Å². The van der Waals surface area contributed by atoms with E-state index < -0.39 is 77.5 Å². The zero-order valence-corrected chi connectivity index (χ0v) is 26.1. The predicted molar refractivity (Wildman–Crippen MR) is 152 cm³/mol. The molecule has 0 fully saturated rings. The van der Waals surface area contributed by atoms with Gasteiger partial charge in [0, 0.05) is 6.42 Å². The van der Waals surface area contributed by atoms with E-state index in [1.54, 1.807) is 62.3 Å². The number of nitrogens with two attached hydrogens (primary N) is 1. The molecule has 0 aromatic carbocycles. The first-order chi connectivity index (χ1) is 18.7. The van der Waals surface area contributed by atoms with Gasteiger partial charge in [0.15, 0.2) is 0 Å². The number of rotatable bonds is 14. The largest absolute Gasteiger partial charge is 0.460 e. The monoisotopic (exact) mass is 586 g/mol. The summed E-state index contributed by atoms with van der Waals surface area (Å²) in [4.78, 5) is 75.3. The van der Waals surface area contributed by atoms with Gasteiger partial charge in [-0.3, -0.25) is 29.4 Å². The van der Waals surface area contributed by atoms with Crippen LogP contribution in [-0.2, 0) is 33.4 Å². The number of alkyl carbamates (subject to hydrolysis) is 1. The molecule has 14 heteroatoms. The number of carbonyl (C=O) groups excluding carboxylic acids is 6. The SMILES string of the molecule is CC[C@H](C)[C@H](NC(=O)CNC(=O)OC(C)(C)C)C(=O)N[C@H](C(=O)N[C@@H](CCC(=O)OC(C)(C)C)C(=O)NN)C(C)C. The summed E-state index contributed by atoms with van der Waals surface area (Å²) in [5, 5.41) is 10.1.